The fourth-order valence-electron chi connectivity index (χ4n) is 2.15. The van der Waals surface area contributed by atoms with Crippen LogP contribution in [0.3, 0.4) is 0 Å². The second-order valence-electron chi connectivity index (χ2n) is 6.69. The molecule has 2 amide bonds. The van der Waals surface area contributed by atoms with E-state index in [4.69, 9.17) is 15.9 Å². The minimum absolute atomic E-state index is 0.0429. The highest BCUT2D eigenvalue weighted by Gasteiger charge is 2.24. The van der Waals surface area contributed by atoms with E-state index in [1.807, 2.05) is 0 Å². The zero-order valence-corrected chi connectivity index (χ0v) is 19.4. The summed E-state index contributed by atoms with van der Waals surface area (Å²) in [5, 5.41) is 35.0. The van der Waals surface area contributed by atoms with Crippen LogP contribution in [-0.4, -0.2) is 86.2 Å². The number of nitrogens with one attached hydrogen (secondary N) is 3. The van der Waals surface area contributed by atoms with Crippen molar-refractivity contribution < 1.29 is 39.3 Å². The third-order valence-corrected chi connectivity index (χ3v) is 6.29. The van der Waals surface area contributed by atoms with Crippen LogP contribution in [0.5, 0.6) is 0 Å². The second kappa shape index (κ2) is 13.5. The number of hydrogen-bond donors (Lipinski definition) is 7. The molecule has 33 heavy (non-hydrogen) atoms. The molecule has 1 aromatic rings. The number of nitrogens with two attached hydrogens (primary N) is 1. The molecule has 0 saturated carbocycles. The quantitative estimate of drug-likeness (QED) is 0.128. The molecule has 0 aliphatic heterocycles. The van der Waals surface area contributed by atoms with Crippen molar-refractivity contribution in [2.45, 2.75) is 32.0 Å². The lowest BCUT2D eigenvalue weighted by Gasteiger charge is -2.19. The molecule has 0 fully saturated rings. The van der Waals surface area contributed by atoms with Crippen LogP contribution in [-0.2, 0) is 14.4 Å². The average molecular weight is 504 g/mol. The first-order chi connectivity index (χ1) is 15.4. The predicted octanol–water partition coefficient (Wildman–Crippen LogP) is -0.307. The minimum Gasteiger partial charge on any atom is -0.480 e. The maximum atomic E-state index is 12.1. The molecule has 0 bridgehead atoms. The van der Waals surface area contributed by atoms with Crippen molar-refractivity contribution in [2.24, 2.45) is 5.73 Å². The Morgan fingerprint density at radius 1 is 0.970 bits per heavy atom. The van der Waals surface area contributed by atoms with Gasteiger partial charge in [-0.3, -0.25) is 9.59 Å². The van der Waals surface area contributed by atoms with Crippen molar-refractivity contribution in [1.29, 1.82) is 0 Å². The third-order valence-electron chi connectivity index (χ3n) is 3.88. The molecule has 0 aliphatic rings. The number of hydrogen-bond acceptors (Lipinski definition) is 10. The summed E-state index contributed by atoms with van der Waals surface area (Å²) in [4.78, 5) is 60.7. The molecule has 0 aliphatic carbocycles. The van der Waals surface area contributed by atoms with Crippen LogP contribution in [0.15, 0.2) is 12.1 Å². The zero-order chi connectivity index (χ0) is 25.1. The average Bonchev–Trinajstić information content (AvgIpc) is 2.74. The number of nitrogens with zero attached hydrogens (tertiary/aromatic N) is 1. The molecule has 1 rings (SSSR count). The van der Waals surface area contributed by atoms with Crippen LogP contribution < -0.4 is 21.7 Å². The number of aromatic carboxylic acids is 2. The second-order valence-corrected chi connectivity index (χ2v) is 9.32. The van der Waals surface area contributed by atoms with Crippen molar-refractivity contribution >= 4 is 57.0 Å². The maximum Gasteiger partial charge on any atom is 0.354 e. The summed E-state index contributed by atoms with van der Waals surface area (Å²) in [6, 6.07) is -0.551. The molecule has 0 radical (unpaired) electrons. The normalized spacial score (nSPS) is 13.3. The van der Waals surface area contributed by atoms with Gasteiger partial charge in [0, 0.05) is 23.7 Å². The highest BCUT2D eigenvalue weighted by atomic mass is 33.1. The van der Waals surface area contributed by atoms with Crippen molar-refractivity contribution in [1.82, 2.24) is 15.6 Å². The van der Waals surface area contributed by atoms with Gasteiger partial charge in [0.25, 0.3) is 0 Å². The Labute approximate surface area is 196 Å². The van der Waals surface area contributed by atoms with E-state index in [0.29, 0.717) is 12.3 Å². The Morgan fingerprint density at radius 2 is 1.55 bits per heavy atom. The summed E-state index contributed by atoms with van der Waals surface area (Å²) in [5.74, 6) is -4.66. The molecule has 0 spiro atoms. The number of aromatic nitrogens is 1. The van der Waals surface area contributed by atoms with Crippen LogP contribution in [0.25, 0.3) is 0 Å². The third kappa shape index (κ3) is 9.97. The van der Waals surface area contributed by atoms with E-state index >= 15 is 0 Å². The summed E-state index contributed by atoms with van der Waals surface area (Å²) in [6.45, 7) is 3.19. The SMILES string of the molecule is C[C@H](N)C(=O)N[C@@H](C)C(=O)N[C@@H](CSSCCNc1cc(C(=O)O)nc(C(=O)O)c1)C(=O)O. The number of pyridine rings is 1. The summed E-state index contributed by atoms with van der Waals surface area (Å²) in [6.07, 6.45) is 0. The van der Waals surface area contributed by atoms with E-state index in [0.717, 1.165) is 0 Å². The summed E-state index contributed by atoms with van der Waals surface area (Å²) < 4.78 is 0. The molecule has 15 heteroatoms. The summed E-state index contributed by atoms with van der Waals surface area (Å²) in [5.41, 5.74) is 4.86. The number of anilines is 1. The molecular weight excluding hydrogens is 478 g/mol. The van der Waals surface area contributed by atoms with Crippen LogP contribution in [0, 0.1) is 0 Å². The van der Waals surface area contributed by atoms with E-state index in [1.165, 1.54) is 47.6 Å². The minimum atomic E-state index is -1.36. The van der Waals surface area contributed by atoms with Gasteiger partial charge in [0.1, 0.15) is 12.1 Å². The van der Waals surface area contributed by atoms with Gasteiger partial charge in [-0.1, -0.05) is 21.6 Å². The van der Waals surface area contributed by atoms with Crippen LogP contribution >= 0.6 is 21.6 Å². The predicted molar refractivity (Wildman–Crippen MR) is 122 cm³/mol. The molecule has 0 saturated heterocycles. The topological polar surface area (TPSA) is 221 Å². The molecule has 0 aromatic carbocycles. The Kier molecular flexibility index (Phi) is 11.4. The summed E-state index contributed by atoms with van der Waals surface area (Å²) in [7, 11) is 2.48. The smallest absolute Gasteiger partial charge is 0.354 e. The Bertz CT molecular complexity index is 866. The highest BCUT2D eigenvalue weighted by Crippen LogP contribution is 2.22. The van der Waals surface area contributed by atoms with Crippen LogP contribution in [0.4, 0.5) is 5.69 Å². The number of aliphatic carboxylic acids is 1. The Hall–Kier alpha value is -3.04. The van der Waals surface area contributed by atoms with Gasteiger partial charge >= 0.3 is 17.9 Å². The van der Waals surface area contributed by atoms with Gasteiger partial charge in [-0.15, -0.1) is 0 Å². The molecule has 3 atom stereocenters. The standard InChI is InChI=1S/C18H25N5O8S2/c1-8(19)14(24)21-9(2)15(25)23-13(18(30)31)7-33-32-4-3-20-10-5-11(16(26)27)22-12(6-10)17(28)29/h5-6,8-9,13H,3-4,7,19H2,1-2H3,(H,20,22)(H,21,24)(H,23,25)(H,26,27)(H,28,29)(H,30,31)/t8-,9-,13-/m0/s1. The Balaban J connectivity index is 2.48. The molecule has 182 valence electrons. The fraction of sp³-hybridized carbons (Fsp3) is 0.444. The number of carboxylic acid groups (broad SMARTS) is 3. The lowest BCUT2D eigenvalue weighted by Crippen LogP contribution is -2.53. The van der Waals surface area contributed by atoms with E-state index in [-0.39, 0.29) is 11.4 Å². The maximum absolute atomic E-state index is 12.1. The van der Waals surface area contributed by atoms with Crippen molar-refractivity contribution in [3.63, 3.8) is 0 Å². The lowest BCUT2D eigenvalue weighted by atomic mass is 10.2. The molecular formula is C18H25N5O8S2. The van der Waals surface area contributed by atoms with Crippen molar-refractivity contribution in [3.8, 4) is 0 Å². The van der Waals surface area contributed by atoms with Gasteiger partial charge in [-0.2, -0.15) is 0 Å². The first-order valence-electron chi connectivity index (χ1n) is 9.48. The van der Waals surface area contributed by atoms with E-state index in [9.17, 15) is 29.1 Å². The zero-order valence-electron chi connectivity index (χ0n) is 17.7. The number of rotatable bonds is 14. The number of carbonyl (C=O) groups excluding carboxylic acids is 2. The van der Waals surface area contributed by atoms with Gasteiger partial charge < -0.3 is 37.0 Å². The first kappa shape index (κ1) is 28.0. The van der Waals surface area contributed by atoms with E-state index in [1.54, 1.807) is 0 Å². The van der Waals surface area contributed by atoms with Crippen molar-refractivity contribution in [3.05, 3.63) is 23.5 Å². The number of amides is 2. The van der Waals surface area contributed by atoms with Gasteiger partial charge in [0.2, 0.25) is 11.8 Å². The van der Waals surface area contributed by atoms with Crippen LogP contribution in [0.1, 0.15) is 34.8 Å². The van der Waals surface area contributed by atoms with Crippen LogP contribution in [0.2, 0.25) is 0 Å². The fourth-order valence-corrected chi connectivity index (χ4v) is 4.21. The molecule has 1 heterocycles. The summed E-state index contributed by atoms with van der Waals surface area (Å²) >= 11 is 0. The number of carboxylic acids is 3. The molecule has 8 N–H and O–H groups in total. The van der Waals surface area contributed by atoms with Gasteiger partial charge in [0.15, 0.2) is 11.4 Å². The Morgan fingerprint density at radius 3 is 2.03 bits per heavy atom. The van der Waals surface area contributed by atoms with E-state index in [2.05, 4.69) is 20.9 Å². The lowest BCUT2D eigenvalue weighted by molar-refractivity contribution is -0.141. The van der Waals surface area contributed by atoms with Gasteiger partial charge in [-0.05, 0) is 26.0 Å². The van der Waals surface area contributed by atoms with Gasteiger partial charge in [0.05, 0.1) is 6.04 Å². The highest BCUT2D eigenvalue weighted by molar-refractivity contribution is 8.76. The van der Waals surface area contributed by atoms with E-state index < -0.39 is 59.2 Å². The first-order valence-corrected chi connectivity index (χ1v) is 12.0. The largest absolute Gasteiger partial charge is 0.480 e. The molecule has 0 unspecified atom stereocenters. The monoisotopic (exact) mass is 503 g/mol. The number of carbonyl (C=O) groups is 5. The molecule has 1 aromatic heterocycles. The van der Waals surface area contributed by atoms with Gasteiger partial charge in [-0.25, -0.2) is 19.4 Å². The van der Waals surface area contributed by atoms with Crippen molar-refractivity contribution in [2.75, 3.05) is 23.4 Å². The molecule has 13 nitrogen and oxygen atoms in total.